The van der Waals surface area contributed by atoms with E-state index in [9.17, 15) is 0 Å². The molecule has 0 spiro atoms. The number of fused-ring (bicyclic) bond motifs is 1. The number of anilines is 2. The van der Waals surface area contributed by atoms with E-state index < -0.39 is 0 Å². The molecule has 3 aromatic heterocycles. The van der Waals surface area contributed by atoms with Crippen molar-refractivity contribution in [1.29, 1.82) is 0 Å². The second kappa shape index (κ2) is 3.95. The van der Waals surface area contributed by atoms with Gasteiger partial charge in [-0.2, -0.15) is 24.7 Å². The van der Waals surface area contributed by atoms with Crippen molar-refractivity contribution in [1.82, 2.24) is 29.4 Å². The molecule has 1 N–H and O–H groups in total. The summed E-state index contributed by atoms with van der Waals surface area (Å²) in [5.74, 6) is 1.87. The highest BCUT2D eigenvalue weighted by Crippen LogP contribution is 2.24. The maximum atomic E-state index is 6.06. The van der Waals surface area contributed by atoms with Gasteiger partial charge in [-0.05, 0) is 6.92 Å². The molecule has 8 heteroatoms. The quantitative estimate of drug-likeness (QED) is 0.711. The number of halogens is 1. The highest BCUT2D eigenvalue weighted by atomic mass is 35.5. The van der Waals surface area contributed by atoms with Crippen LogP contribution in [0, 0.1) is 6.92 Å². The van der Waals surface area contributed by atoms with Crippen LogP contribution >= 0.6 is 11.6 Å². The molecule has 0 bridgehead atoms. The van der Waals surface area contributed by atoms with E-state index in [-0.39, 0.29) is 0 Å². The van der Waals surface area contributed by atoms with Crippen LogP contribution in [0.5, 0.6) is 0 Å². The van der Waals surface area contributed by atoms with E-state index in [0.29, 0.717) is 22.6 Å². The molecule has 3 aromatic rings. The van der Waals surface area contributed by atoms with E-state index in [1.807, 2.05) is 26.2 Å². The molecule has 7 nitrogen and oxygen atoms in total. The molecule has 0 unspecified atom stereocenters. The summed E-state index contributed by atoms with van der Waals surface area (Å²) in [5, 5.41) is 11.9. The van der Waals surface area contributed by atoms with Crippen LogP contribution in [0.25, 0.3) is 5.78 Å². The molecular formula is C10H10ClN7. The van der Waals surface area contributed by atoms with Crippen LogP contribution in [0.15, 0.2) is 18.6 Å². The fourth-order valence-electron chi connectivity index (χ4n) is 1.65. The third-order valence-electron chi connectivity index (χ3n) is 2.56. The largest absolute Gasteiger partial charge is 0.323 e. The van der Waals surface area contributed by atoms with Crippen LogP contribution in [-0.4, -0.2) is 29.4 Å². The average Bonchev–Trinajstić information content (AvgIpc) is 2.93. The van der Waals surface area contributed by atoms with Crippen molar-refractivity contribution in [3.8, 4) is 0 Å². The molecule has 3 heterocycles. The molecule has 0 aromatic carbocycles. The Balaban J connectivity index is 2.15. The Morgan fingerprint density at radius 2 is 2.22 bits per heavy atom. The van der Waals surface area contributed by atoms with Crippen LogP contribution < -0.4 is 5.32 Å². The van der Waals surface area contributed by atoms with Gasteiger partial charge in [-0.3, -0.25) is 4.68 Å². The van der Waals surface area contributed by atoms with Crippen LogP contribution in [0.3, 0.4) is 0 Å². The second-order valence-corrected chi connectivity index (χ2v) is 4.21. The Bertz CT molecular complexity index is 714. The third-order valence-corrected chi connectivity index (χ3v) is 2.93. The highest BCUT2D eigenvalue weighted by Gasteiger charge is 2.13. The summed E-state index contributed by atoms with van der Waals surface area (Å²) >= 11 is 6.06. The van der Waals surface area contributed by atoms with Gasteiger partial charge in [0, 0.05) is 24.9 Å². The summed E-state index contributed by atoms with van der Waals surface area (Å²) in [7, 11) is 1.85. The first-order valence-electron chi connectivity index (χ1n) is 5.27. The van der Waals surface area contributed by atoms with Gasteiger partial charge in [0.25, 0.3) is 5.78 Å². The standard InChI is InChI=1S/C10H10ClN7/c1-6-8(11)15-10-12-5-13-18(10)9(6)14-7-3-4-17(2)16-7/h3-5H,1-2H3,(H,14,16). The normalized spacial score (nSPS) is 11.1. The van der Waals surface area contributed by atoms with Crippen molar-refractivity contribution >= 4 is 29.0 Å². The first-order valence-corrected chi connectivity index (χ1v) is 5.65. The molecule has 0 aliphatic heterocycles. The summed E-state index contributed by atoms with van der Waals surface area (Å²) in [6.07, 6.45) is 3.28. The summed E-state index contributed by atoms with van der Waals surface area (Å²) in [5.41, 5.74) is 0.792. The molecule has 18 heavy (non-hydrogen) atoms. The number of rotatable bonds is 2. The minimum absolute atomic E-state index is 0.397. The van der Waals surface area contributed by atoms with Crippen LogP contribution in [0.1, 0.15) is 5.56 Å². The van der Waals surface area contributed by atoms with Crippen molar-refractivity contribution < 1.29 is 0 Å². The molecule has 0 amide bonds. The van der Waals surface area contributed by atoms with Gasteiger partial charge in [-0.25, -0.2) is 0 Å². The van der Waals surface area contributed by atoms with Gasteiger partial charge >= 0.3 is 0 Å². The highest BCUT2D eigenvalue weighted by molar-refractivity contribution is 6.30. The number of hydrogen-bond donors (Lipinski definition) is 1. The molecule has 0 saturated heterocycles. The topological polar surface area (TPSA) is 72.9 Å². The maximum Gasteiger partial charge on any atom is 0.255 e. The zero-order valence-corrected chi connectivity index (χ0v) is 10.5. The summed E-state index contributed by atoms with van der Waals surface area (Å²) in [6, 6.07) is 1.86. The Morgan fingerprint density at radius 3 is 2.94 bits per heavy atom. The predicted molar refractivity (Wildman–Crippen MR) is 67.0 cm³/mol. The van der Waals surface area contributed by atoms with E-state index in [4.69, 9.17) is 11.6 Å². The van der Waals surface area contributed by atoms with Gasteiger partial charge in [-0.15, -0.1) is 0 Å². The van der Waals surface area contributed by atoms with E-state index in [1.54, 1.807) is 9.20 Å². The monoisotopic (exact) mass is 263 g/mol. The Hall–Kier alpha value is -2.15. The number of nitrogens with one attached hydrogen (secondary N) is 1. The Labute approximate surface area is 107 Å². The van der Waals surface area contributed by atoms with E-state index in [0.717, 1.165) is 5.56 Å². The minimum atomic E-state index is 0.397. The summed E-state index contributed by atoms with van der Waals surface area (Å²) in [4.78, 5) is 8.15. The molecule has 3 rings (SSSR count). The molecule has 0 aliphatic carbocycles. The van der Waals surface area contributed by atoms with Gasteiger partial charge in [0.05, 0.1) is 0 Å². The number of aryl methyl sites for hydroxylation is 1. The fraction of sp³-hybridized carbons (Fsp3) is 0.200. The zero-order valence-electron chi connectivity index (χ0n) is 9.79. The predicted octanol–water partition coefficient (Wildman–Crippen LogP) is 1.56. The van der Waals surface area contributed by atoms with Crippen LogP contribution in [0.2, 0.25) is 5.15 Å². The second-order valence-electron chi connectivity index (χ2n) is 3.85. The lowest BCUT2D eigenvalue weighted by Gasteiger charge is -2.09. The number of hydrogen-bond acceptors (Lipinski definition) is 5. The van der Waals surface area contributed by atoms with E-state index >= 15 is 0 Å². The van der Waals surface area contributed by atoms with Gasteiger partial charge < -0.3 is 5.32 Å². The SMILES string of the molecule is Cc1c(Cl)nc2ncnn2c1Nc1ccn(C)n1. The van der Waals surface area contributed by atoms with E-state index in [1.165, 1.54) is 6.33 Å². The lowest BCUT2D eigenvalue weighted by atomic mass is 10.3. The van der Waals surface area contributed by atoms with Crippen LogP contribution in [0.4, 0.5) is 11.6 Å². The van der Waals surface area contributed by atoms with Gasteiger partial charge in [0.2, 0.25) is 0 Å². The molecule has 0 aliphatic rings. The minimum Gasteiger partial charge on any atom is -0.323 e. The molecule has 0 atom stereocenters. The van der Waals surface area contributed by atoms with Crippen molar-refractivity contribution in [3.63, 3.8) is 0 Å². The zero-order chi connectivity index (χ0) is 12.7. The average molecular weight is 264 g/mol. The third kappa shape index (κ3) is 1.68. The first-order chi connectivity index (χ1) is 8.65. The molecule has 0 saturated carbocycles. The van der Waals surface area contributed by atoms with Crippen molar-refractivity contribution in [2.45, 2.75) is 6.92 Å². The van der Waals surface area contributed by atoms with Gasteiger partial charge in [-0.1, -0.05) is 11.6 Å². The lowest BCUT2D eigenvalue weighted by molar-refractivity contribution is 0.770. The number of aromatic nitrogens is 6. The summed E-state index contributed by atoms with van der Waals surface area (Å²) in [6.45, 7) is 1.86. The maximum absolute atomic E-state index is 6.06. The first kappa shape index (κ1) is 11.0. The molecule has 92 valence electrons. The Morgan fingerprint density at radius 1 is 1.39 bits per heavy atom. The number of nitrogens with zero attached hydrogens (tertiary/aromatic N) is 6. The fourth-order valence-corrected chi connectivity index (χ4v) is 1.81. The smallest absolute Gasteiger partial charge is 0.255 e. The summed E-state index contributed by atoms with van der Waals surface area (Å²) < 4.78 is 3.30. The van der Waals surface area contributed by atoms with Crippen molar-refractivity contribution in [3.05, 3.63) is 29.3 Å². The van der Waals surface area contributed by atoms with Crippen LogP contribution in [-0.2, 0) is 7.05 Å². The van der Waals surface area contributed by atoms with Gasteiger partial charge in [0.15, 0.2) is 5.82 Å². The van der Waals surface area contributed by atoms with E-state index in [2.05, 4.69) is 25.5 Å². The van der Waals surface area contributed by atoms with Gasteiger partial charge in [0.1, 0.15) is 17.3 Å². The Kier molecular flexibility index (Phi) is 2.41. The molecule has 0 fully saturated rings. The molecular weight excluding hydrogens is 254 g/mol. The molecule has 0 radical (unpaired) electrons. The lowest BCUT2D eigenvalue weighted by Crippen LogP contribution is -2.05. The van der Waals surface area contributed by atoms with Crippen molar-refractivity contribution in [2.75, 3.05) is 5.32 Å². The van der Waals surface area contributed by atoms with Crippen molar-refractivity contribution in [2.24, 2.45) is 7.05 Å².